The number of ether oxygens (including phenoxy) is 2. The summed E-state index contributed by atoms with van der Waals surface area (Å²) in [7, 11) is 1.27. The van der Waals surface area contributed by atoms with Gasteiger partial charge in [0.15, 0.2) is 0 Å². The number of halogens is 1. The van der Waals surface area contributed by atoms with Crippen LogP contribution in [-0.4, -0.2) is 59.6 Å². The maximum absolute atomic E-state index is 12.8. The first-order chi connectivity index (χ1) is 14.3. The minimum atomic E-state index is -0.812. The maximum atomic E-state index is 12.8. The molecule has 0 radical (unpaired) electrons. The summed E-state index contributed by atoms with van der Waals surface area (Å²) in [5, 5.41) is 0. The monoisotopic (exact) mass is 451 g/mol. The number of nitrogens with two attached hydrogens (primary N) is 1. The third-order valence-corrected chi connectivity index (χ3v) is 5.79. The standard InChI is InChI=1S/C22H29N3O5.ClH/c1-5-14-7-6-8-15-10-24(12-17(14)15)22(28)30-16-9-18(21(27)29-4)25(11-16)20(26)19(23)13(2)3;/h5-8,13,16,18-19H,1,9-12,23H2,2-4H3;1H/t16-,18+,19+;/m1./s1. The lowest BCUT2D eigenvalue weighted by Gasteiger charge is -2.27. The average Bonchev–Trinajstić information content (AvgIpc) is 3.36. The second-order valence-electron chi connectivity index (χ2n) is 8.09. The van der Waals surface area contributed by atoms with E-state index in [0.717, 1.165) is 16.7 Å². The molecule has 2 N–H and O–H groups in total. The first-order valence-electron chi connectivity index (χ1n) is 10.1. The second-order valence-corrected chi connectivity index (χ2v) is 8.09. The lowest BCUT2D eigenvalue weighted by molar-refractivity contribution is -0.151. The van der Waals surface area contributed by atoms with E-state index < -0.39 is 30.3 Å². The molecule has 0 spiro atoms. The van der Waals surface area contributed by atoms with Gasteiger partial charge in [-0.1, -0.05) is 44.7 Å². The van der Waals surface area contributed by atoms with Crippen molar-refractivity contribution in [3.63, 3.8) is 0 Å². The van der Waals surface area contributed by atoms with E-state index in [9.17, 15) is 14.4 Å². The smallest absolute Gasteiger partial charge is 0.410 e. The average molecular weight is 452 g/mol. The Morgan fingerprint density at radius 3 is 2.58 bits per heavy atom. The molecule has 0 unspecified atom stereocenters. The number of hydrogen-bond acceptors (Lipinski definition) is 6. The minimum absolute atomic E-state index is 0. The highest BCUT2D eigenvalue weighted by Crippen LogP contribution is 2.29. The van der Waals surface area contributed by atoms with Gasteiger partial charge in [0.1, 0.15) is 12.1 Å². The number of amides is 2. The van der Waals surface area contributed by atoms with E-state index in [1.807, 2.05) is 32.0 Å². The molecule has 2 amide bonds. The molecule has 3 rings (SSSR count). The number of methoxy groups -OCH3 is 1. The molecule has 1 fully saturated rings. The molecule has 1 aromatic rings. The van der Waals surface area contributed by atoms with Crippen molar-refractivity contribution in [2.75, 3.05) is 13.7 Å². The van der Waals surface area contributed by atoms with Crippen LogP contribution in [0.5, 0.6) is 0 Å². The molecule has 9 heteroatoms. The van der Waals surface area contributed by atoms with Gasteiger partial charge in [0.05, 0.1) is 26.2 Å². The molecule has 3 atom stereocenters. The Hall–Kier alpha value is -2.58. The van der Waals surface area contributed by atoms with Crippen molar-refractivity contribution in [2.45, 2.75) is 51.5 Å². The summed E-state index contributed by atoms with van der Waals surface area (Å²) in [5.41, 5.74) is 9.11. The van der Waals surface area contributed by atoms with Gasteiger partial charge in [0.2, 0.25) is 5.91 Å². The number of carbonyl (C=O) groups excluding carboxylic acids is 3. The van der Waals surface area contributed by atoms with E-state index in [0.29, 0.717) is 13.1 Å². The zero-order chi connectivity index (χ0) is 22.0. The fourth-order valence-corrected chi connectivity index (χ4v) is 3.95. The summed E-state index contributed by atoms with van der Waals surface area (Å²) in [6.45, 7) is 8.50. The van der Waals surface area contributed by atoms with Gasteiger partial charge in [0.25, 0.3) is 0 Å². The lowest BCUT2D eigenvalue weighted by Crippen LogP contribution is -2.50. The van der Waals surface area contributed by atoms with E-state index in [4.69, 9.17) is 15.2 Å². The molecule has 0 bridgehead atoms. The SMILES string of the molecule is C=Cc1cccc2c1CN(C(=O)O[C@@H]1C[C@@H](C(=O)OC)N(C(=O)[C@@H](N)C(C)C)C1)C2.Cl. The molecule has 0 saturated carbocycles. The number of likely N-dealkylation sites (tertiary alicyclic amines) is 1. The largest absolute Gasteiger partial charge is 0.467 e. The van der Waals surface area contributed by atoms with Crippen molar-refractivity contribution in [1.82, 2.24) is 9.80 Å². The Labute approximate surface area is 188 Å². The molecule has 2 aliphatic heterocycles. The van der Waals surface area contributed by atoms with E-state index in [1.54, 1.807) is 11.0 Å². The first-order valence-corrected chi connectivity index (χ1v) is 10.1. The van der Waals surface area contributed by atoms with Gasteiger partial charge < -0.3 is 20.1 Å². The van der Waals surface area contributed by atoms with Crippen molar-refractivity contribution >= 4 is 36.5 Å². The molecular formula is C22H30ClN3O5. The van der Waals surface area contributed by atoms with Crippen LogP contribution in [-0.2, 0) is 32.2 Å². The highest BCUT2D eigenvalue weighted by atomic mass is 35.5. The van der Waals surface area contributed by atoms with Gasteiger partial charge in [-0.25, -0.2) is 9.59 Å². The first kappa shape index (κ1) is 24.7. The number of esters is 1. The summed E-state index contributed by atoms with van der Waals surface area (Å²) in [6.07, 6.45) is 0.880. The van der Waals surface area contributed by atoms with Crippen LogP contribution < -0.4 is 5.73 Å². The van der Waals surface area contributed by atoms with Crippen LogP contribution in [0.15, 0.2) is 24.8 Å². The Kier molecular flexibility index (Phi) is 8.08. The Bertz CT molecular complexity index is 860. The van der Waals surface area contributed by atoms with Crippen molar-refractivity contribution in [3.05, 3.63) is 41.5 Å². The van der Waals surface area contributed by atoms with Crippen LogP contribution in [0.4, 0.5) is 4.79 Å². The lowest BCUT2D eigenvalue weighted by atomic mass is 10.0. The normalized spacial score (nSPS) is 20.7. The molecule has 2 aliphatic rings. The van der Waals surface area contributed by atoms with Gasteiger partial charge in [-0.15, -0.1) is 12.4 Å². The Morgan fingerprint density at radius 2 is 1.97 bits per heavy atom. The number of benzene rings is 1. The zero-order valence-corrected chi connectivity index (χ0v) is 18.9. The third-order valence-electron chi connectivity index (χ3n) is 5.79. The van der Waals surface area contributed by atoms with Crippen LogP contribution in [0.25, 0.3) is 6.08 Å². The fourth-order valence-electron chi connectivity index (χ4n) is 3.95. The van der Waals surface area contributed by atoms with Crippen LogP contribution >= 0.6 is 12.4 Å². The van der Waals surface area contributed by atoms with E-state index >= 15 is 0 Å². The van der Waals surface area contributed by atoms with Crippen LogP contribution in [0.2, 0.25) is 0 Å². The van der Waals surface area contributed by atoms with Crippen molar-refractivity contribution in [3.8, 4) is 0 Å². The summed E-state index contributed by atoms with van der Waals surface area (Å²) < 4.78 is 10.5. The van der Waals surface area contributed by atoms with Gasteiger partial charge in [0, 0.05) is 13.0 Å². The number of fused-ring (bicyclic) bond motifs is 1. The molecule has 8 nitrogen and oxygen atoms in total. The molecule has 2 heterocycles. The summed E-state index contributed by atoms with van der Waals surface area (Å²) >= 11 is 0. The number of hydrogen-bond donors (Lipinski definition) is 1. The fraction of sp³-hybridized carbons (Fsp3) is 0.500. The van der Waals surface area contributed by atoms with E-state index in [2.05, 4.69) is 6.58 Å². The highest BCUT2D eigenvalue weighted by molar-refractivity contribution is 5.88. The van der Waals surface area contributed by atoms with Crippen LogP contribution in [0, 0.1) is 5.92 Å². The Morgan fingerprint density at radius 1 is 1.26 bits per heavy atom. The number of nitrogens with zero attached hydrogens (tertiary/aromatic N) is 2. The van der Waals surface area contributed by atoms with E-state index in [-0.39, 0.29) is 37.2 Å². The summed E-state index contributed by atoms with van der Waals surface area (Å²) in [6, 6.07) is 4.32. The second kappa shape index (κ2) is 10.2. The van der Waals surface area contributed by atoms with Gasteiger partial charge in [-0.3, -0.25) is 9.69 Å². The van der Waals surface area contributed by atoms with E-state index in [1.165, 1.54) is 12.0 Å². The highest BCUT2D eigenvalue weighted by Gasteiger charge is 2.44. The third kappa shape index (κ3) is 5.02. The van der Waals surface area contributed by atoms with Crippen molar-refractivity contribution in [1.29, 1.82) is 0 Å². The van der Waals surface area contributed by atoms with Gasteiger partial charge in [-0.05, 0) is 22.6 Å². The predicted octanol–water partition coefficient (Wildman–Crippen LogP) is 2.33. The molecule has 1 saturated heterocycles. The predicted molar refractivity (Wildman–Crippen MR) is 118 cm³/mol. The molecule has 170 valence electrons. The molecule has 31 heavy (non-hydrogen) atoms. The summed E-state index contributed by atoms with van der Waals surface area (Å²) in [4.78, 5) is 40.7. The molecule has 0 aliphatic carbocycles. The maximum Gasteiger partial charge on any atom is 0.410 e. The van der Waals surface area contributed by atoms with Crippen LogP contribution in [0.1, 0.15) is 37.0 Å². The molecule has 0 aromatic heterocycles. The van der Waals surface area contributed by atoms with Crippen LogP contribution in [0.3, 0.4) is 0 Å². The van der Waals surface area contributed by atoms with Gasteiger partial charge >= 0.3 is 12.1 Å². The topological polar surface area (TPSA) is 102 Å². The Balaban J connectivity index is 0.00000341. The quantitative estimate of drug-likeness (QED) is 0.689. The zero-order valence-electron chi connectivity index (χ0n) is 18.1. The van der Waals surface area contributed by atoms with Crippen molar-refractivity contribution < 1.29 is 23.9 Å². The number of carbonyl (C=O) groups is 3. The number of rotatable bonds is 5. The molecular weight excluding hydrogens is 422 g/mol. The summed E-state index contributed by atoms with van der Waals surface area (Å²) in [5.74, 6) is -0.968. The molecule has 1 aromatic carbocycles. The van der Waals surface area contributed by atoms with Gasteiger partial charge in [-0.2, -0.15) is 0 Å². The van der Waals surface area contributed by atoms with Crippen molar-refractivity contribution in [2.24, 2.45) is 11.7 Å². The minimum Gasteiger partial charge on any atom is -0.467 e.